The molecule has 1 aliphatic carbocycles. The molecule has 2 nitrogen and oxygen atoms in total. The molecule has 1 aliphatic rings. The molecule has 98 valence electrons. The van der Waals surface area contributed by atoms with Gasteiger partial charge in [0.1, 0.15) is 0 Å². The zero-order valence-electron chi connectivity index (χ0n) is 10.4. The van der Waals surface area contributed by atoms with Gasteiger partial charge in [-0.2, -0.15) is 0 Å². The van der Waals surface area contributed by atoms with Crippen LogP contribution in [-0.4, -0.2) is 22.2 Å². The predicted molar refractivity (Wildman–Crippen MR) is 80.7 cm³/mol. The summed E-state index contributed by atoms with van der Waals surface area (Å²) in [6, 6.07) is 8.52. The number of alkyl halides is 1. The standard InChI is InChI=1S/C14H17Br2NO/c1-10(12-4-5-12)17(14(18)8-15)9-11-2-6-13(16)7-3-11/h2-3,6-7,10,12H,4-5,8-9H2,1H3. The highest BCUT2D eigenvalue weighted by molar-refractivity contribution is 9.10. The van der Waals surface area contributed by atoms with E-state index in [1.165, 1.54) is 18.4 Å². The number of halogens is 2. The van der Waals surface area contributed by atoms with Crippen LogP contribution in [0.25, 0.3) is 0 Å². The number of carbonyl (C=O) groups is 1. The summed E-state index contributed by atoms with van der Waals surface area (Å²) in [4.78, 5) is 14.0. The van der Waals surface area contributed by atoms with E-state index in [1.54, 1.807) is 0 Å². The highest BCUT2D eigenvalue weighted by Gasteiger charge is 2.33. The first kappa shape index (κ1) is 14.1. The van der Waals surface area contributed by atoms with E-state index in [4.69, 9.17) is 0 Å². The van der Waals surface area contributed by atoms with Crippen LogP contribution in [0.15, 0.2) is 28.7 Å². The lowest BCUT2D eigenvalue weighted by atomic mass is 10.1. The summed E-state index contributed by atoms with van der Waals surface area (Å²) in [6.07, 6.45) is 2.52. The summed E-state index contributed by atoms with van der Waals surface area (Å²) in [5.41, 5.74) is 1.18. The molecule has 1 unspecified atom stereocenters. The van der Waals surface area contributed by atoms with Crippen LogP contribution in [0, 0.1) is 5.92 Å². The third-order valence-electron chi connectivity index (χ3n) is 3.50. The van der Waals surface area contributed by atoms with E-state index >= 15 is 0 Å². The van der Waals surface area contributed by atoms with Crippen molar-refractivity contribution in [2.45, 2.75) is 32.4 Å². The summed E-state index contributed by atoms with van der Waals surface area (Å²) >= 11 is 6.71. The van der Waals surface area contributed by atoms with E-state index in [0.29, 0.717) is 23.8 Å². The summed E-state index contributed by atoms with van der Waals surface area (Å²) < 4.78 is 1.07. The van der Waals surface area contributed by atoms with Gasteiger partial charge in [-0.05, 0) is 43.4 Å². The molecule has 1 aromatic carbocycles. The van der Waals surface area contributed by atoms with Crippen LogP contribution in [0.1, 0.15) is 25.3 Å². The quantitative estimate of drug-likeness (QED) is 0.714. The molecule has 0 aliphatic heterocycles. The molecule has 4 heteroatoms. The zero-order chi connectivity index (χ0) is 13.1. The maximum absolute atomic E-state index is 12.0. The molecule has 0 bridgehead atoms. The van der Waals surface area contributed by atoms with Crippen molar-refractivity contribution in [3.63, 3.8) is 0 Å². The minimum Gasteiger partial charge on any atom is -0.335 e. The number of amides is 1. The first-order valence-corrected chi connectivity index (χ1v) is 8.13. The third-order valence-corrected chi connectivity index (χ3v) is 4.51. The molecular weight excluding hydrogens is 358 g/mol. The molecule has 1 atom stereocenters. The Morgan fingerprint density at radius 1 is 1.39 bits per heavy atom. The molecule has 0 N–H and O–H groups in total. The number of carbonyl (C=O) groups excluding carboxylic acids is 1. The molecule has 0 radical (unpaired) electrons. The summed E-state index contributed by atoms with van der Waals surface area (Å²) in [5.74, 6) is 0.876. The molecule has 0 aromatic heterocycles. The van der Waals surface area contributed by atoms with Crippen LogP contribution >= 0.6 is 31.9 Å². The SMILES string of the molecule is CC(C1CC1)N(Cc1ccc(Br)cc1)C(=O)CBr. The molecule has 0 spiro atoms. The lowest BCUT2D eigenvalue weighted by molar-refractivity contribution is -0.131. The second kappa shape index (κ2) is 6.20. The number of rotatable bonds is 5. The highest BCUT2D eigenvalue weighted by atomic mass is 79.9. The van der Waals surface area contributed by atoms with Crippen LogP contribution in [0.2, 0.25) is 0 Å². The Balaban J connectivity index is 2.08. The molecule has 0 heterocycles. The number of hydrogen-bond donors (Lipinski definition) is 0. The van der Waals surface area contributed by atoms with E-state index in [2.05, 4.69) is 50.9 Å². The predicted octanol–water partition coefficient (Wildman–Crippen LogP) is 3.97. The number of benzene rings is 1. The van der Waals surface area contributed by atoms with Gasteiger partial charge < -0.3 is 4.90 Å². The van der Waals surface area contributed by atoms with Gasteiger partial charge >= 0.3 is 0 Å². The molecule has 1 fully saturated rings. The Morgan fingerprint density at radius 3 is 2.50 bits per heavy atom. The molecular formula is C14H17Br2NO. The van der Waals surface area contributed by atoms with Crippen LogP contribution < -0.4 is 0 Å². The van der Waals surface area contributed by atoms with Crippen molar-refractivity contribution in [3.8, 4) is 0 Å². The third kappa shape index (κ3) is 3.58. The van der Waals surface area contributed by atoms with Gasteiger partial charge in [0.2, 0.25) is 5.91 Å². The van der Waals surface area contributed by atoms with Crippen molar-refractivity contribution in [1.29, 1.82) is 0 Å². The maximum atomic E-state index is 12.0. The monoisotopic (exact) mass is 373 g/mol. The lowest BCUT2D eigenvalue weighted by Gasteiger charge is -2.29. The summed E-state index contributed by atoms with van der Waals surface area (Å²) in [5, 5.41) is 0.403. The molecule has 18 heavy (non-hydrogen) atoms. The van der Waals surface area contributed by atoms with Crippen molar-refractivity contribution >= 4 is 37.8 Å². The van der Waals surface area contributed by atoms with Gasteiger partial charge in [-0.3, -0.25) is 4.79 Å². The van der Waals surface area contributed by atoms with Gasteiger partial charge in [-0.15, -0.1) is 0 Å². The fraction of sp³-hybridized carbons (Fsp3) is 0.500. The average Bonchev–Trinajstić information content (AvgIpc) is 3.20. The zero-order valence-corrected chi connectivity index (χ0v) is 13.6. The van der Waals surface area contributed by atoms with E-state index in [1.807, 2.05) is 17.0 Å². The minimum absolute atomic E-state index is 0.178. The first-order valence-electron chi connectivity index (χ1n) is 6.21. The first-order chi connectivity index (χ1) is 8.61. The molecule has 0 saturated heterocycles. The molecule has 1 aromatic rings. The maximum Gasteiger partial charge on any atom is 0.233 e. The number of nitrogens with zero attached hydrogens (tertiary/aromatic N) is 1. The van der Waals surface area contributed by atoms with Crippen molar-refractivity contribution in [3.05, 3.63) is 34.3 Å². The Bertz CT molecular complexity index is 414. The van der Waals surface area contributed by atoms with Gasteiger partial charge in [0.25, 0.3) is 0 Å². The Hall–Kier alpha value is -0.350. The van der Waals surface area contributed by atoms with Crippen LogP contribution in [-0.2, 0) is 11.3 Å². The lowest BCUT2D eigenvalue weighted by Crippen LogP contribution is -2.40. The van der Waals surface area contributed by atoms with Gasteiger partial charge in [-0.25, -0.2) is 0 Å². The molecule has 1 amide bonds. The Labute approximate surface area is 125 Å². The summed E-state index contributed by atoms with van der Waals surface area (Å²) in [6.45, 7) is 2.87. The fourth-order valence-electron chi connectivity index (χ4n) is 2.16. The van der Waals surface area contributed by atoms with Gasteiger partial charge in [-0.1, -0.05) is 44.0 Å². The topological polar surface area (TPSA) is 20.3 Å². The normalized spacial score (nSPS) is 16.4. The molecule has 1 saturated carbocycles. The fourth-order valence-corrected chi connectivity index (χ4v) is 2.74. The van der Waals surface area contributed by atoms with E-state index < -0.39 is 0 Å². The smallest absolute Gasteiger partial charge is 0.233 e. The Morgan fingerprint density at radius 2 is 2.00 bits per heavy atom. The highest BCUT2D eigenvalue weighted by Crippen LogP contribution is 2.35. The van der Waals surface area contributed by atoms with Crippen molar-refractivity contribution < 1.29 is 4.79 Å². The average molecular weight is 375 g/mol. The van der Waals surface area contributed by atoms with Crippen LogP contribution in [0.4, 0.5) is 0 Å². The number of hydrogen-bond acceptors (Lipinski definition) is 1. The van der Waals surface area contributed by atoms with E-state index in [9.17, 15) is 4.79 Å². The van der Waals surface area contributed by atoms with Crippen molar-refractivity contribution in [2.24, 2.45) is 5.92 Å². The largest absolute Gasteiger partial charge is 0.335 e. The van der Waals surface area contributed by atoms with Crippen molar-refractivity contribution in [2.75, 3.05) is 5.33 Å². The van der Waals surface area contributed by atoms with Gasteiger partial charge in [0.05, 0.1) is 5.33 Å². The minimum atomic E-state index is 0.178. The second-order valence-corrected chi connectivity index (χ2v) is 6.34. The second-order valence-electron chi connectivity index (χ2n) is 4.86. The van der Waals surface area contributed by atoms with Gasteiger partial charge in [0, 0.05) is 17.1 Å². The van der Waals surface area contributed by atoms with Crippen LogP contribution in [0.5, 0.6) is 0 Å². The summed E-state index contributed by atoms with van der Waals surface area (Å²) in [7, 11) is 0. The van der Waals surface area contributed by atoms with Crippen molar-refractivity contribution in [1.82, 2.24) is 4.90 Å². The van der Waals surface area contributed by atoms with Gasteiger partial charge in [0.15, 0.2) is 0 Å². The van der Waals surface area contributed by atoms with Crippen LogP contribution in [0.3, 0.4) is 0 Å². The van der Waals surface area contributed by atoms with E-state index in [-0.39, 0.29) is 5.91 Å². The Kier molecular flexibility index (Phi) is 4.84. The molecule has 2 rings (SSSR count). The van der Waals surface area contributed by atoms with E-state index in [0.717, 1.165) is 4.47 Å².